The van der Waals surface area contributed by atoms with Crippen molar-refractivity contribution in [2.75, 3.05) is 43.4 Å². The molecule has 3 heterocycles. The first-order chi connectivity index (χ1) is 15.3. The topological polar surface area (TPSA) is 32.3 Å². The van der Waals surface area contributed by atoms with Crippen LogP contribution in [-0.4, -0.2) is 53.3 Å². The van der Waals surface area contributed by atoms with E-state index in [1.165, 1.54) is 29.1 Å². The summed E-state index contributed by atoms with van der Waals surface area (Å²) < 4.78 is 0. The van der Waals surface area contributed by atoms with Gasteiger partial charge in [-0.2, -0.15) is 0 Å². The van der Waals surface area contributed by atoms with Crippen LogP contribution in [0.25, 0.3) is 0 Å². The Bertz CT molecular complexity index is 929. The van der Waals surface area contributed by atoms with Crippen LogP contribution in [0.15, 0.2) is 76.9 Å². The number of piperazine rings is 1. The minimum atomic E-state index is 0.864. The van der Waals surface area contributed by atoms with E-state index in [1.54, 1.807) is 11.8 Å². The molecule has 0 unspecified atom stereocenters. The molecular weight excluding hydrogens is 420 g/mol. The smallest absolute Gasteiger partial charge is 0.0963 e. The van der Waals surface area contributed by atoms with Gasteiger partial charge in [0.15, 0.2) is 0 Å². The summed E-state index contributed by atoms with van der Waals surface area (Å²) in [4.78, 5) is 15.5. The van der Waals surface area contributed by atoms with Crippen LogP contribution in [0.1, 0.15) is 17.7 Å². The van der Waals surface area contributed by atoms with Crippen LogP contribution in [0.4, 0.5) is 5.69 Å². The van der Waals surface area contributed by atoms with Crippen LogP contribution in [0, 0.1) is 6.92 Å². The van der Waals surface area contributed by atoms with Crippen molar-refractivity contribution >= 4 is 29.2 Å². The minimum Gasteiger partial charge on any atom is -0.369 e. The molecule has 1 aliphatic rings. The van der Waals surface area contributed by atoms with Gasteiger partial charge in [-0.25, -0.2) is 4.98 Å². The van der Waals surface area contributed by atoms with Crippen molar-refractivity contribution in [3.63, 3.8) is 0 Å². The lowest BCUT2D eigenvalue weighted by Crippen LogP contribution is -2.46. The highest BCUT2D eigenvalue weighted by Crippen LogP contribution is 2.28. The molecule has 162 valence electrons. The van der Waals surface area contributed by atoms with Gasteiger partial charge in [0, 0.05) is 54.9 Å². The standard InChI is InChI=1S/C25H30N4S2/c1-21-23(20-31-25-10-5-6-12-27-25)26-13-11-24(21)30-19-7-14-28-15-17-29(18-16-28)22-8-3-2-4-9-22/h2-6,8-13H,7,14-20H2,1H3. The van der Waals surface area contributed by atoms with E-state index in [1.807, 2.05) is 36.3 Å². The molecule has 3 aromatic rings. The number of hydrogen-bond acceptors (Lipinski definition) is 6. The van der Waals surface area contributed by atoms with E-state index < -0.39 is 0 Å². The summed E-state index contributed by atoms with van der Waals surface area (Å²) in [5, 5.41) is 1.05. The van der Waals surface area contributed by atoms with Crippen molar-refractivity contribution in [2.24, 2.45) is 0 Å². The molecule has 0 amide bonds. The van der Waals surface area contributed by atoms with Gasteiger partial charge in [0.05, 0.1) is 10.7 Å². The SMILES string of the molecule is Cc1c(SCCCN2CCN(c3ccccc3)CC2)ccnc1CSc1ccccn1. The predicted octanol–water partition coefficient (Wildman–Crippen LogP) is 5.38. The lowest BCUT2D eigenvalue weighted by atomic mass is 10.2. The summed E-state index contributed by atoms with van der Waals surface area (Å²) in [6.45, 7) is 7.94. The van der Waals surface area contributed by atoms with E-state index >= 15 is 0 Å². The Hall–Kier alpha value is -2.02. The Kier molecular flexibility index (Phi) is 8.27. The molecule has 0 N–H and O–H groups in total. The number of anilines is 1. The first-order valence-electron chi connectivity index (χ1n) is 10.9. The fourth-order valence-electron chi connectivity index (χ4n) is 3.77. The fraction of sp³-hybridized carbons (Fsp3) is 0.360. The van der Waals surface area contributed by atoms with Gasteiger partial charge in [-0.15, -0.1) is 23.5 Å². The van der Waals surface area contributed by atoms with Gasteiger partial charge in [-0.1, -0.05) is 24.3 Å². The van der Waals surface area contributed by atoms with Gasteiger partial charge in [-0.3, -0.25) is 9.88 Å². The normalized spacial score (nSPS) is 14.7. The van der Waals surface area contributed by atoms with Crippen molar-refractivity contribution in [3.8, 4) is 0 Å². The summed E-state index contributed by atoms with van der Waals surface area (Å²) in [5.74, 6) is 2.01. The number of benzene rings is 1. The van der Waals surface area contributed by atoms with Gasteiger partial charge in [0.1, 0.15) is 0 Å². The molecule has 0 spiro atoms. The van der Waals surface area contributed by atoms with Gasteiger partial charge in [0.25, 0.3) is 0 Å². The van der Waals surface area contributed by atoms with Crippen molar-refractivity contribution in [2.45, 2.75) is 29.0 Å². The van der Waals surface area contributed by atoms with Crippen LogP contribution in [-0.2, 0) is 5.75 Å². The summed E-state index contributed by atoms with van der Waals surface area (Å²) in [5.41, 5.74) is 3.83. The van der Waals surface area contributed by atoms with Crippen molar-refractivity contribution < 1.29 is 0 Å². The summed E-state index contributed by atoms with van der Waals surface area (Å²) in [6, 6.07) is 19.0. The summed E-state index contributed by atoms with van der Waals surface area (Å²) >= 11 is 3.72. The van der Waals surface area contributed by atoms with E-state index in [9.17, 15) is 0 Å². The van der Waals surface area contributed by atoms with Crippen LogP contribution in [0.5, 0.6) is 0 Å². The zero-order chi connectivity index (χ0) is 21.3. The molecule has 0 saturated carbocycles. The predicted molar refractivity (Wildman–Crippen MR) is 133 cm³/mol. The lowest BCUT2D eigenvalue weighted by molar-refractivity contribution is 0.259. The van der Waals surface area contributed by atoms with E-state index in [0.717, 1.165) is 48.4 Å². The van der Waals surface area contributed by atoms with E-state index in [2.05, 4.69) is 69.2 Å². The highest BCUT2D eigenvalue weighted by Gasteiger charge is 2.16. The second kappa shape index (κ2) is 11.6. The summed E-state index contributed by atoms with van der Waals surface area (Å²) in [6.07, 6.45) is 5.01. The van der Waals surface area contributed by atoms with Crippen molar-refractivity contribution in [1.29, 1.82) is 0 Å². The van der Waals surface area contributed by atoms with Gasteiger partial charge in [-0.05, 0) is 61.5 Å². The molecule has 31 heavy (non-hydrogen) atoms. The highest BCUT2D eigenvalue weighted by atomic mass is 32.2. The Morgan fingerprint density at radius 1 is 0.839 bits per heavy atom. The van der Waals surface area contributed by atoms with E-state index in [0.29, 0.717) is 0 Å². The monoisotopic (exact) mass is 450 g/mol. The molecule has 4 rings (SSSR count). The van der Waals surface area contributed by atoms with Crippen molar-refractivity contribution in [3.05, 3.63) is 78.2 Å². The Labute approximate surface area is 194 Å². The average molecular weight is 451 g/mol. The first-order valence-corrected chi connectivity index (χ1v) is 12.9. The van der Waals surface area contributed by atoms with E-state index in [4.69, 9.17) is 0 Å². The number of hydrogen-bond donors (Lipinski definition) is 0. The molecule has 6 heteroatoms. The van der Waals surface area contributed by atoms with Crippen molar-refractivity contribution in [1.82, 2.24) is 14.9 Å². The molecule has 4 nitrogen and oxygen atoms in total. The number of pyridine rings is 2. The van der Waals surface area contributed by atoms with Gasteiger partial charge in [0.2, 0.25) is 0 Å². The molecular formula is C25H30N4S2. The molecule has 1 fully saturated rings. The van der Waals surface area contributed by atoms with E-state index in [-0.39, 0.29) is 0 Å². The number of nitrogens with zero attached hydrogens (tertiary/aromatic N) is 4. The Morgan fingerprint density at radius 2 is 1.65 bits per heavy atom. The minimum absolute atomic E-state index is 0.864. The molecule has 0 atom stereocenters. The second-order valence-corrected chi connectivity index (χ2v) is 9.84. The molecule has 0 bridgehead atoms. The average Bonchev–Trinajstić information content (AvgIpc) is 2.83. The number of aromatic nitrogens is 2. The lowest BCUT2D eigenvalue weighted by Gasteiger charge is -2.36. The quantitative estimate of drug-likeness (QED) is 0.321. The van der Waals surface area contributed by atoms with Gasteiger partial charge >= 0.3 is 0 Å². The zero-order valence-electron chi connectivity index (χ0n) is 18.1. The maximum absolute atomic E-state index is 4.61. The van der Waals surface area contributed by atoms with Crippen LogP contribution in [0.3, 0.4) is 0 Å². The third-order valence-corrected chi connectivity index (χ3v) is 7.82. The number of rotatable bonds is 9. The molecule has 0 aliphatic carbocycles. The van der Waals surface area contributed by atoms with Crippen LogP contribution < -0.4 is 4.90 Å². The molecule has 1 saturated heterocycles. The highest BCUT2D eigenvalue weighted by molar-refractivity contribution is 7.99. The molecule has 1 aromatic carbocycles. The molecule has 0 radical (unpaired) electrons. The third kappa shape index (κ3) is 6.48. The largest absolute Gasteiger partial charge is 0.369 e. The molecule has 2 aromatic heterocycles. The Balaban J connectivity index is 1.19. The molecule has 1 aliphatic heterocycles. The van der Waals surface area contributed by atoms with Crippen LogP contribution >= 0.6 is 23.5 Å². The second-order valence-electron chi connectivity index (χ2n) is 7.70. The number of thioether (sulfide) groups is 2. The van der Waals surface area contributed by atoms with Crippen LogP contribution in [0.2, 0.25) is 0 Å². The maximum atomic E-state index is 4.61. The fourth-order valence-corrected chi connectivity index (χ4v) is 5.64. The first kappa shape index (κ1) is 22.2. The number of para-hydroxylation sites is 1. The van der Waals surface area contributed by atoms with Gasteiger partial charge < -0.3 is 4.90 Å². The Morgan fingerprint density at radius 3 is 2.42 bits per heavy atom. The maximum Gasteiger partial charge on any atom is 0.0963 e. The summed E-state index contributed by atoms with van der Waals surface area (Å²) in [7, 11) is 0. The third-order valence-electron chi connectivity index (χ3n) is 5.62. The zero-order valence-corrected chi connectivity index (χ0v) is 19.7.